The van der Waals surface area contributed by atoms with Crippen molar-refractivity contribution in [1.29, 1.82) is 0 Å². The molecular weight excluding hydrogens is 306 g/mol. The van der Waals surface area contributed by atoms with Crippen molar-refractivity contribution in [3.63, 3.8) is 0 Å². The maximum atomic E-state index is 12.0. The van der Waals surface area contributed by atoms with Crippen LogP contribution in [0.1, 0.15) is 22.3 Å². The summed E-state index contributed by atoms with van der Waals surface area (Å²) in [4.78, 5) is 33.7. The van der Waals surface area contributed by atoms with Gasteiger partial charge in [-0.15, -0.1) is 0 Å². The molecule has 0 unspecified atom stereocenters. The minimum absolute atomic E-state index is 0.117. The van der Waals surface area contributed by atoms with Crippen molar-refractivity contribution in [3.05, 3.63) is 54.0 Å². The molecule has 0 saturated heterocycles. The van der Waals surface area contributed by atoms with E-state index >= 15 is 0 Å². The molecule has 0 atom stereocenters. The lowest BCUT2D eigenvalue weighted by Crippen LogP contribution is -2.30. The van der Waals surface area contributed by atoms with Crippen LogP contribution in [0.15, 0.2) is 42.9 Å². The quantitative estimate of drug-likeness (QED) is 0.791. The van der Waals surface area contributed by atoms with Crippen molar-refractivity contribution < 1.29 is 9.59 Å². The van der Waals surface area contributed by atoms with E-state index in [1.165, 1.54) is 6.20 Å². The molecule has 126 valence electrons. The molecule has 0 radical (unpaired) electrons. The van der Waals surface area contributed by atoms with Gasteiger partial charge in [-0.3, -0.25) is 14.6 Å². The Morgan fingerprint density at radius 3 is 2.46 bits per heavy atom. The van der Waals surface area contributed by atoms with E-state index in [1.807, 2.05) is 31.1 Å². The Balaban J connectivity index is 1.71. The minimum atomic E-state index is -0.241. The molecule has 7 heteroatoms. The lowest BCUT2D eigenvalue weighted by atomic mass is 10.2. The van der Waals surface area contributed by atoms with E-state index in [0.717, 1.165) is 11.4 Å². The van der Waals surface area contributed by atoms with Crippen molar-refractivity contribution in [2.24, 2.45) is 0 Å². The average molecular weight is 327 g/mol. The van der Waals surface area contributed by atoms with E-state index in [9.17, 15) is 9.59 Å². The standard InChI is InChI=1S/C17H21N5O2/c1-22(2)15-4-3-14(12-20-15)17(24)19-10-7-16(23)21-11-13-5-8-18-9-6-13/h3-6,8-9,12H,7,10-11H2,1-2H3,(H,19,24)(H,21,23). The molecule has 2 N–H and O–H groups in total. The fraction of sp³-hybridized carbons (Fsp3) is 0.294. The second-order valence-corrected chi connectivity index (χ2v) is 5.44. The van der Waals surface area contributed by atoms with Gasteiger partial charge in [-0.1, -0.05) is 0 Å². The Kier molecular flexibility index (Phi) is 6.24. The molecule has 24 heavy (non-hydrogen) atoms. The fourth-order valence-electron chi connectivity index (χ4n) is 1.97. The third-order valence-electron chi connectivity index (χ3n) is 3.34. The van der Waals surface area contributed by atoms with Gasteiger partial charge in [0.25, 0.3) is 5.91 Å². The van der Waals surface area contributed by atoms with Crippen LogP contribution < -0.4 is 15.5 Å². The zero-order chi connectivity index (χ0) is 17.4. The highest BCUT2D eigenvalue weighted by Crippen LogP contribution is 2.07. The van der Waals surface area contributed by atoms with Crippen molar-refractivity contribution in [2.45, 2.75) is 13.0 Å². The number of aromatic nitrogens is 2. The maximum Gasteiger partial charge on any atom is 0.252 e. The number of carbonyl (C=O) groups is 2. The number of nitrogens with one attached hydrogen (secondary N) is 2. The highest BCUT2D eigenvalue weighted by molar-refractivity contribution is 5.94. The lowest BCUT2D eigenvalue weighted by Gasteiger charge is -2.11. The van der Waals surface area contributed by atoms with Crippen LogP contribution in [0.3, 0.4) is 0 Å². The Bertz CT molecular complexity index is 671. The van der Waals surface area contributed by atoms with Gasteiger partial charge in [0.05, 0.1) is 5.56 Å². The molecule has 7 nitrogen and oxygen atoms in total. The molecule has 0 aromatic carbocycles. The van der Waals surface area contributed by atoms with Crippen LogP contribution in [-0.2, 0) is 11.3 Å². The number of rotatable bonds is 7. The molecule has 0 aliphatic rings. The molecule has 0 aliphatic carbocycles. The molecule has 2 aromatic rings. The largest absolute Gasteiger partial charge is 0.363 e. The zero-order valence-electron chi connectivity index (χ0n) is 13.8. The highest BCUT2D eigenvalue weighted by atomic mass is 16.2. The maximum absolute atomic E-state index is 12.0. The van der Waals surface area contributed by atoms with E-state index in [-0.39, 0.29) is 24.8 Å². The SMILES string of the molecule is CN(C)c1ccc(C(=O)NCCC(=O)NCc2ccncc2)cn1. The molecule has 0 saturated carbocycles. The number of hydrogen-bond acceptors (Lipinski definition) is 5. The first-order valence-electron chi connectivity index (χ1n) is 7.63. The number of hydrogen-bond donors (Lipinski definition) is 2. The Labute approximate surface area is 141 Å². The van der Waals surface area contributed by atoms with Crippen molar-refractivity contribution in [3.8, 4) is 0 Å². The molecule has 2 aromatic heterocycles. The van der Waals surface area contributed by atoms with Gasteiger partial charge in [0, 0.05) is 52.2 Å². The third-order valence-corrected chi connectivity index (χ3v) is 3.34. The van der Waals surface area contributed by atoms with E-state index < -0.39 is 0 Å². The third kappa shape index (κ3) is 5.35. The van der Waals surface area contributed by atoms with Gasteiger partial charge < -0.3 is 15.5 Å². The number of nitrogens with zero attached hydrogens (tertiary/aromatic N) is 3. The van der Waals surface area contributed by atoms with Gasteiger partial charge in [0.15, 0.2) is 0 Å². The molecule has 0 spiro atoms. The molecule has 0 fully saturated rings. The predicted octanol–water partition coefficient (Wildman–Crippen LogP) is 0.979. The van der Waals surface area contributed by atoms with E-state index in [2.05, 4.69) is 20.6 Å². The first-order valence-corrected chi connectivity index (χ1v) is 7.63. The van der Waals surface area contributed by atoms with Gasteiger partial charge in [-0.25, -0.2) is 4.98 Å². The number of carbonyl (C=O) groups excluding carboxylic acids is 2. The van der Waals surface area contributed by atoms with Crippen LogP contribution in [0.5, 0.6) is 0 Å². The van der Waals surface area contributed by atoms with E-state index in [1.54, 1.807) is 24.5 Å². The smallest absolute Gasteiger partial charge is 0.252 e. The Hall–Kier alpha value is -2.96. The molecule has 2 heterocycles. The van der Waals surface area contributed by atoms with Gasteiger partial charge in [0.1, 0.15) is 5.82 Å². The summed E-state index contributed by atoms with van der Waals surface area (Å²) in [6.07, 6.45) is 5.10. The second kappa shape index (κ2) is 8.61. The predicted molar refractivity (Wildman–Crippen MR) is 91.6 cm³/mol. The molecule has 2 rings (SSSR count). The topological polar surface area (TPSA) is 87.2 Å². The fourth-order valence-corrected chi connectivity index (χ4v) is 1.97. The van der Waals surface area contributed by atoms with Crippen LogP contribution in [0, 0.1) is 0 Å². The Morgan fingerprint density at radius 2 is 1.83 bits per heavy atom. The number of anilines is 1. The summed E-state index contributed by atoms with van der Waals surface area (Å²) in [5.74, 6) is 0.421. The normalized spacial score (nSPS) is 10.1. The highest BCUT2D eigenvalue weighted by Gasteiger charge is 2.08. The van der Waals surface area contributed by atoms with Gasteiger partial charge in [0.2, 0.25) is 5.91 Å². The zero-order valence-corrected chi connectivity index (χ0v) is 13.8. The van der Waals surface area contributed by atoms with Crippen LogP contribution in [-0.4, -0.2) is 42.4 Å². The summed E-state index contributed by atoms with van der Waals surface area (Å²) in [7, 11) is 3.76. The van der Waals surface area contributed by atoms with Crippen molar-refractivity contribution >= 4 is 17.6 Å². The van der Waals surface area contributed by atoms with Crippen LogP contribution in [0.2, 0.25) is 0 Å². The first kappa shape index (κ1) is 17.4. The van der Waals surface area contributed by atoms with Crippen LogP contribution in [0.25, 0.3) is 0 Å². The molecular formula is C17H21N5O2. The summed E-state index contributed by atoms with van der Waals surface area (Å²) >= 11 is 0. The summed E-state index contributed by atoms with van der Waals surface area (Å²) in [5.41, 5.74) is 1.45. The van der Waals surface area contributed by atoms with Gasteiger partial charge in [-0.05, 0) is 29.8 Å². The molecule has 0 aliphatic heterocycles. The van der Waals surface area contributed by atoms with Crippen LogP contribution in [0.4, 0.5) is 5.82 Å². The van der Waals surface area contributed by atoms with Gasteiger partial charge in [-0.2, -0.15) is 0 Å². The minimum Gasteiger partial charge on any atom is -0.363 e. The first-order chi connectivity index (χ1) is 11.6. The molecule has 2 amide bonds. The van der Waals surface area contributed by atoms with Crippen LogP contribution >= 0.6 is 0 Å². The summed E-state index contributed by atoms with van der Waals surface area (Å²) in [6, 6.07) is 7.16. The van der Waals surface area contributed by atoms with Crippen molar-refractivity contribution in [2.75, 3.05) is 25.5 Å². The Morgan fingerprint density at radius 1 is 1.08 bits per heavy atom. The second-order valence-electron chi connectivity index (χ2n) is 5.44. The molecule has 0 bridgehead atoms. The number of amides is 2. The van der Waals surface area contributed by atoms with E-state index in [4.69, 9.17) is 0 Å². The summed E-state index contributed by atoms with van der Waals surface area (Å²) in [5, 5.41) is 5.51. The lowest BCUT2D eigenvalue weighted by molar-refractivity contribution is -0.121. The summed E-state index contributed by atoms with van der Waals surface area (Å²) < 4.78 is 0. The summed E-state index contributed by atoms with van der Waals surface area (Å²) in [6.45, 7) is 0.724. The van der Waals surface area contributed by atoms with E-state index in [0.29, 0.717) is 12.1 Å². The van der Waals surface area contributed by atoms with Crippen molar-refractivity contribution in [1.82, 2.24) is 20.6 Å². The number of pyridine rings is 2. The monoisotopic (exact) mass is 327 g/mol. The van der Waals surface area contributed by atoms with Gasteiger partial charge >= 0.3 is 0 Å². The average Bonchev–Trinajstić information content (AvgIpc) is 2.61.